The minimum Gasteiger partial charge on any atom is -0.299 e. The van der Waals surface area contributed by atoms with Crippen LogP contribution in [0, 0.1) is 0 Å². The molecule has 1 rings (SSSR count). The molecule has 3 N–H and O–H groups in total. The second-order valence-corrected chi connectivity index (χ2v) is 2.65. The van der Waals surface area contributed by atoms with Crippen molar-refractivity contribution in [2.45, 2.75) is 13.5 Å². The lowest BCUT2D eigenvalue weighted by molar-refractivity contribution is 0.670. The van der Waals surface area contributed by atoms with Crippen molar-refractivity contribution in [3.63, 3.8) is 0 Å². The number of H-pyrrole nitrogens is 1. The van der Waals surface area contributed by atoms with Crippen LogP contribution in [0.1, 0.15) is 6.92 Å². The summed E-state index contributed by atoms with van der Waals surface area (Å²) in [5.41, 5.74) is -0.791. The van der Waals surface area contributed by atoms with Gasteiger partial charge in [0.15, 0.2) is 0 Å². The van der Waals surface area contributed by atoms with E-state index in [-0.39, 0.29) is 5.56 Å². The fraction of sp³-hybridized carbons (Fsp3) is 0.429. The first-order valence-electron chi connectivity index (χ1n) is 3.89. The number of hydrazine groups is 1. The minimum absolute atomic E-state index is 0.305. The molecule has 1 aromatic heterocycles. The Kier molecular flexibility index (Phi) is 2.52. The molecule has 0 aliphatic rings. The molecule has 0 amide bonds. The van der Waals surface area contributed by atoms with Crippen molar-refractivity contribution in [3.8, 4) is 0 Å². The molecule has 0 fully saturated rings. The Bertz CT molecular complexity index is 372. The molecule has 0 radical (unpaired) electrons. The maximum atomic E-state index is 11.3. The molecule has 0 atom stereocenters. The number of hydrogen-bond donors (Lipinski definition) is 2. The fourth-order valence-corrected chi connectivity index (χ4v) is 0.998. The normalized spacial score (nSPS) is 10.1. The highest BCUT2D eigenvalue weighted by molar-refractivity contribution is 5.32. The van der Waals surface area contributed by atoms with Crippen molar-refractivity contribution in [1.82, 2.24) is 9.55 Å². The maximum absolute atomic E-state index is 11.3. The summed E-state index contributed by atoms with van der Waals surface area (Å²) in [5.74, 6) is 5.66. The van der Waals surface area contributed by atoms with Gasteiger partial charge in [-0.2, -0.15) is 0 Å². The van der Waals surface area contributed by atoms with Crippen LogP contribution in [0.2, 0.25) is 0 Å². The van der Waals surface area contributed by atoms with Crippen LogP contribution >= 0.6 is 0 Å². The number of aromatic nitrogens is 2. The van der Waals surface area contributed by atoms with Crippen molar-refractivity contribution in [3.05, 3.63) is 26.9 Å². The highest BCUT2D eigenvalue weighted by Crippen LogP contribution is 1.94. The van der Waals surface area contributed by atoms with Crippen LogP contribution in [0.15, 0.2) is 15.7 Å². The van der Waals surface area contributed by atoms with Gasteiger partial charge in [0.1, 0.15) is 5.82 Å². The van der Waals surface area contributed by atoms with E-state index in [2.05, 4.69) is 4.98 Å². The van der Waals surface area contributed by atoms with E-state index >= 15 is 0 Å². The number of nitrogens with two attached hydrogens (primary N) is 1. The predicted octanol–water partition coefficient (Wildman–Crippen LogP) is -1.13. The van der Waals surface area contributed by atoms with Gasteiger partial charge in [0.25, 0.3) is 5.56 Å². The zero-order valence-electron chi connectivity index (χ0n) is 7.57. The second-order valence-electron chi connectivity index (χ2n) is 2.65. The molecule has 0 unspecified atom stereocenters. The molecule has 0 aliphatic carbocycles. The highest BCUT2D eigenvalue weighted by atomic mass is 16.2. The van der Waals surface area contributed by atoms with Gasteiger partial charge >= 0.3 is 5.69 Å². The van der Waals surface area contributed by atoms with Crippen LogP contribution in [0.3, 0.4) is 0 Å². The van der Waals surface area contributed by atoms with Crippen LogP contribution in [-0.2, 0) is 6.54 Å². The first-order valence-corrected chi connectivity index (χ1v) is 3.89. The summed E-state index contributed by atoms with van der Waals surface area (Å²) in [7, 11) is 1.54. The minimum atomic E-state index is -0.442. The Morgan fingerprint density at radius 1 is 1.62 bits per heavy atom. The van der Waals surface area contributed by atoms with E-state index in [9.17, 15) is 9.59 Å². The van der Waals surface area contributed by atoms with Gasteiger partial charge in [-0.3, -0.25) is 19.4 Å². The van der Waals surface area contributed by atoms with Gasteiger partial charge in [-0.15, -0.1) is 0 Å². The Morgan fingerprint density at radius 2 is 2.23 bits per heavy atom. The molecule has 72 valence electrons. The molecule has 0 spiro atoms. The number of nitrogens with one attached hydrogen (secondary N) is 1. The van der Waals surface area contributed by atoms with Crippen LogP contribution in [0.25, 0.3) is 0 Å². The molecule has 0 aromatic carbocycles. The third kappa shape index (κ3) is 1.78. The lowest BCUT2D eigenvalue weighted by atomic mass is 10.5. The standard InChI is InChI=1S/C7H12N4O2/c1-3-11-6(12)4-5(10(2)8)9-7(11)13/h4H,3,8H2,1-2H3,(H,9,13). The largest absolute Gasteiger partial charge is 0.329 e. The zero-order valence-corrected chi connectivity index (χ0v) is 7.57. The fourth-order valence-electron chi connectivity index (χ4n) is 0.998. The van der Waals surface area contributed by atoms with Gasteiger partial charge in [0, 0.05) is 19.7 Å². The lowest BCUT2D eigenvalue weighted by Gasteiger charge is -2.11. The molecule has 0 aliphatic heterocycles. The summed E-state index contributed by atoms with van der Waals surface area (Å²) in [5, 5.41) is 1.18. The van der Waals surface area contributed by atoms with Crippen LogP contribution < -0.4 is 22.1 Å². The topological polar surface area (TPSA) is 84.1 Å². The third-order valence-electron chi connectivity index (χ3n) is 1.70. The average Bonchev–Trinajstić information content (AvgIpc) is 2.03. The van der Waals surface area contributed by atoms with Gasteiger partial charge in [-0.25, -0.2) is 10.6 Å². The number of nitrogens with zero attached hydrogens (tertiary/aromatic N) is 2. The van der Waals surface area contributed by atoms with Crippen LogP contribution in [0.4, 0.5) is 5.82 Å². The van der Waals surface area contributed by atoms with Gasteiger partial charge in [-0.1, -0.05) is 0 Å². The molecular weight excluding hydrogens is 172 g/mol. The molecule has 0 bridgehead atoms. The molecule has 0 saturated heterocycles. The first-order chi connectivity index (χ1) is 6.06. The summed E-state index contributed by atoms with van der Waals surface area (Å²) in [6, 6.07) is 1.28. The van der Waals surface area contributed by atoms with Crippen molar-refractivity contribution in [1.29, 1.82) is 0 Å². The Labute approximate surface area is 74.6 Å². The van der Waals surface area contributed by atoms with Crippen molar-refractivity contribution in [2.75, 3.05) is 12.1 Å². The van der Waals surface area contributed by atoms with Crippen LogP contribution in [-0.4, -0.2) is 16.6 Å². The third-order valence-corrected chi connectivity index (χ3v) is 1.70. The summed E-state index contributed by atoms with van der Waals surface area (Å²) in [6.45, 7) is 2.07. The summed E-state index contributed by atoms with van der Waals surface area (Å²) < 4.78 is 1.09. The molecule has 6 nitrogen and oxygen atoms in total. The van der Waals surface area contributed by atoms with E-state index in [1.807, 2.05) is 0 Å². The first kappa shape index (κ1) is 9.53. The number of rotatable bonds is 2. The molecule has 13 heavy (non-hydrogen) atoms. The van der Waals surface area contributed by atoms with Crippen LogP contribution in [0.5, 0.6) is 0 Å². The highest BCUT2D eigenvalue weighted by Gasteiger charge is 2.03. The SMILES string of the molecule is CCn1c(=O)cc(N(C)N)[nH]c1=O. The lowest BCUT2D eigenvalue weighted by Crippen LogP contribution is -2.37. The Balaban J connectivity index is 3.38. The number of aromatic amines is 1. The van der Waals surface area contributed by atoms with Gasteiger partial charge < -0.3 is 0 Å². The second kappa shape index (κ2) is 3.44. The molecule has 6 heteroatoms. The molecule has 1 heterocycles. The summed E-state index contributed by atoms with van der Waals surface area (Å²) in [4.78, 5) is 25.0. The van der Waals surface area contributed by atoms with Gasteiger partial charge in [-0.05, 0) is 6.92 Å². The Hall–Kier alpha value is -1.56. The smallest absolute Gasteiger partial charge is 0.299 e. The maximum Gasteiger partial charge on any atom is 0.329 e. The van der Waals surface area contributed by atoms with Crippen molar-refractivity contribution >= 4 is 5.82 Å². The van der Waals surface area contributed by atoms with E-state index in [1.54, 1.807) is 14.0 Å². The van der Waals surface area contributed by atoms with Gasteiger partial charge in [0.2, 0.25) is 0 Å². The summed E-state index contributed by atoms with van der Waals surface area (Å²) in [6.07, 6.45) is 0. The van der Waals surface area contributed by atoms with Crippen molar-refractivity contribution in [2.24, 2.45) is 5.84 Å². The monoisotopic (exact) mass is 184 g/mol. The summed E-state index contributed by atoms with van der Waals surface area (Å²) >= 11 is 0. The quantitative estimate of drug-likeness (QED) is 0.450. The average molecular weight is 184 g/mol. The van der Waals surface area contributed by atoms with Gasteiger partial charge in [0.05, 0.1) is 0 Å². The van der Waals surface area contributed by atoms with E-state index in [0.29, 0.717) is 12.4 Å². The van der Waals surface area contributed by atoms with E-state index in [4.69, 9.17) is 5.84 Å². The zero-order chi connectivity index (χ0) is 10.0. The molecular formula is C7H12N4O2. The van der Waals surface area contributed by atoms with Crippen molar-refractivity contribution < 1.29 is 0 Å². The molecule has 0 saturated carbocycles. The van der Waals surface area contributed by atoms with E-state index in [1.165, 1.54) is 11.1 Å². The molecule has 1 aromatic rings. The van der Waals surface area contributed by atoms with E-state index in [0.717, 1.165) is 4.57 Å². The van der Waals surface area contributed by atoms with E-state index < -0.39 is 5.69 Å². The number of hydrogen-bond acceptors (Lipinski definition) is 4. The number of anilines is 1. The predicted molar refractivity (Wildman–Crippen MR) is 49.6 cm³/mol. The Morgan fingerprint density at radius 3 is 2.62 bits per heavy atom.